The number of aryl methyl sites for hydroxylation is 1. The number of aromatic nitrogens is 1. The lowest BCUT2D eigenvalue weighted by Crippen LogP contribution is -2.17. The second-order valence-electron chi connectivity index (χ2n) is 5.03. The number of pyridine rings is 1. The van der Waals surface area contributed by atoms with Crippen LogP contribution in [0, 0.1) is 6.92 Å². The maximum atomic E-state index is 11.5. The fraction of sp³-hybridized carbons (Fsp3) is 0.250. The SMILES string of the molecule is Cc1cccc(Nc2ccc(NC(=O)CC(C)O)cn2)c1. The Morgan fingerprint density at radius 2 is 2.10 bits per heavy atom. The van der Waals surface area contributed by atoms with Gasteiger partial charge in [-0.25, -0.2) is 4.98 Å². The number of hydrogen-bond acceptors (Lipinski definition) is 4. The Kier molecular flexibility index (Phi) is 4.90. The van der Waals surface area contributed by atoms with Crippen molar-refractivity contribution in [3.8, 4) is 0 Å². The van der Waals surface area contributed by atoms with Crippen LogP contribution < -0.4 is 10.6 Å². The monoisotopic (exact) mass is 285 g/mol. The van der Waals surface area contributed by atoms with Crippen molar-refractivity contribution in [3.05, 3.63) is 48.2 Å². The summed E-state index contributed by atoms with van der Waals surface area (Å²) in [6, 6.07) is 11.6. The van der Waals surface area contributed by atoms with Crippen molar-refractivity contribution >= 4 is 23.1 Å². The normalized spacial score (nSPS) is 11.8. The summed E-state index contributed by atoms with van der Waals surface area (Å²) in [6.45, 7) is 3.60. The molecule has 1 amide bonds. The lowest BCUT2D eigenvalue weighted by molar-refractivity contribution is -0.117. The second kappa shape index (κ2) is 6.85. The van der Waals surface area contributed by atoms with Crippen molar-refractivity contribution in [1.82, 2.24) is 4.98 Å². The third-order valence-corrected chi connectivity index (χ3v) is 2.82. The van der Waals surface area contributed by atoms with Crippen molar-refractivity contribution in [2.75, 3.05) is 10.6 Å². The molecule has 0 bridgehead atoms. The molecule has 0 saturated carbocycles. The van der Waals surface area contributed by atoms with Crippen LogP contribution >= 0.6 is 0 Å². The molecule has 1 heterocycles. The number of nitrogens with one attached hydrogen (secondary N) is 2. The molecule has 21 heavy (non-hydrogen) atoms. The number of carbonyl (C=O) groups excluding carboxylic acids is 1. The van der Waals surface area contributed by atoms with Crippen LogP contribution in [0.25, 0.3) is 0 Å². The molecule has 2 rings (SSSR count). The number of aliphatic hydroxyl groups excluding tert-OH is 1. The highest BCUT2D eigenvalue weighted by atomic mass is 16.3. The van der Waals surface area contributed by atoms with Gasteiger partial charge in [-0.2, -0.15) is 0 Å². The lowest BCUT2D eigenvalue weighted by Gasteiger charge is -2.09. The molecule has 0 aliphatic carbocycles. The van der Waals surface area contributed by atoms with Gasteiger partial charge in [0.1, 0.15) is 5.82 Å². The highest BCUT2D eigenvalue weighted by Gasteiger charge is 2.06. The van der Waals surface area contributed by atoms with Gasteiger partial charge in [0.2, 0.25) is 5.91 Å². The molecule has 0 saturated heterocycles. The minimum absolute atomic E-state index is 0.0727. The van der Waals surface area contributed by atoms with Gasteiger partial charge in [0.25, 0.3) is 0 Å². The van der Waals surface area contributed by atoms with Crippen LogP contribution in [-0.4, -0.2) is 22.1 Å². The van der Waals surface area contributed by atoms with Crippen LogP contribution in [0.4, 0.5) is 17.2 Å². The van der Waals surface area contributed by atoms with E-state index in [9.17, 15) is 4.79 Å². The second-order valence-corrected chi connectivity index (χ2v) is 5.03. The number of carbonyl (C=O) groups is 1. The van der Waals surface area contributed by atoms with E-state index in [-0.39, 0.29) is 12.3 Å². The third-order valence-electron chi connectivity index (χ3n) is 2.82. The van der Waals surface area contributed by atoms with Gasteiger partial charge in [-0.15, -0.1) is 0 Å². The standard InChI is InChI=1S/C16H19N3O2/c1-11-4-3-5-13(8-11)18-15-7-6-14(10-17-15)19-16(21)9-12(2)20/h3-8,10,12,20H,9H2,1-2H3,(H,17,18)(H,19,21). The van der Waals surface area contributed by atoms with Crippen molar-refractivity contribution in [3.63, 3.8) is 0 Å². The summed E-state index contributed by atoms with van der Waals surface area (Å²) in [7, 11) is 0. The predicted molar refractivity (Wildman–Crippen MR) is 83.6 cm³/mol. The van der Waals surface area contributed by atoms with Gasteiger partial charge in [0.15, 0.2) is 0 Å². The van der Waals surface area contributed by atoms with Gasteiger partial charge in [0.05, 0.1) is 24.4 Å². The smallest absolute Gasteiger partial charge is 0.227 e. The van der Waals surface area contributed by atoms with Gasteiger partial charge in [-0.3, -0.25) is 4.79 Å². The Bertz CT molecular complexity index is 609. The van der Waals surface area contributed by atoms with E-state index in [4.69, 9.17) is 5.11 Å². The first-order valence-electron chi connectivity index (χ1n) is 6.80. The Hall–Kier alpha value is -2.40. The van der Waals surface area contributed by atoms with Gasteiger partial charge < -0.3 is 15.7 Å². The van der Waals surface area contributed by atoms with Crippen molar-refractivity contribution < 1.29 is 9.90 Å². The number of rotatable bonds is 5. The molecule has 0 aliphatic rings. The maximum absolute atomic E-state index is 11.5. The number of amides is 1. The molecule has 1 aromatic heterocycles. The van der Waals surface area contributed by atoms with Crippen LogP contribution in [0.5, 0.6) is 0 Å². The number of nitrogens with zero attached hydrogens (tertiary/aromatic N) is 1. The average molecular weight is 285 g/mol. The lowest BCUT2D eigenvalue weighted by atomic mass is 10.2. The van der Waals surface area contributed by atoms with Crippen LogP contribution in [0.15, 0.2) is 42.6 Å². The topological polar surface area (TPSA) is 74.2 Å². The molecule has 1 atom stereocenters. The summed E-state index contributed by atoms with van der Waals surface area (Å²) in [5, 5.41) is 15.0. The highest BCUT2D eigenvalue weighted by molar-refractivity contribution is 5.90. The summed E-state index contributed by atoms with van der Waals surface area (Å²) in [6.07, 6.45) is 1.00. The van der Waals surface area contributed by atoms with E-state index < -0.39 is 6.10 Å². The first-order valence-corrected chi connectivity index (χ1v) is 6.80. The van der Waals surface area contributed by atoms with Crippen LogP contribution in [-0.2, 0) is 4.79 Å². The Morgan fingerprint density at radius 1 is 1.29 bits per heavy atom. The minimum atomic E-state index is -0.653. The molecule has 0 radical (unpaired) electrons. The first kappa shape index (κ1) is 15.0. The molecule has 5 nitrogen and oxygen atoms in total. The van der Waals surface area contributed by atoms with E-state index in [2.05, 4.69) is 15.6 Å². The number of anilines is 3. The van der Waals surface area contributed by atoms with Crippen LogP contribution in [0.2, 0.25) is 0 Å². The molecule has 5 heteroatoms. The summed E-state index contributed by atoms with van der Waals surface area (Å²) >= 11 is 0. The summed E-state index contributed by atoms with van der Waals surface area (Å²) in [4.78, 5) is 15.8. The third kappa shape index (κ3) is 4.89. The fourth-order valence-electron chi connectivity index (χ4n) is 1.89. The molecule has 1 unspecified atom stereocenters. The molecule has 0 spiro atoms. The van der Waals surface area contributed by atoms with E-state index in [1.54, 1.807) is 25.3 Å². The van der Waals surface area contributed by atoms with Gasteiger partial charge in [-0.1, -0.05) is 12.1 Å². The Labute approximate surface area is 124 Å². The largest absolute Gasteiger partial charge is 0.393 e. The molecule has 3 N–H and O–H groups in total. The van der Waals surface area contributed by atoms with Crippen molar-refractivity contribution in [2.45, 2.75) is 26.4 Å². The van der Waals surface area contributed by atoms with E-state index in [0.717, 1.165) is 5.69 Å². The summed E-state index contributed by atoms with van der Waals surface area (Å²) in [5.41, 5.74) is 2.74. The maximum Gasteiger partial charge on any atom is 0.227 e. The van der Waals surface area contributed by atoms with Crippen molar-refractivity contribution in [1.29, 1.82) is 0 Å². The predicted octanol–water partition coefficient (Wildman–Crippen LogP) is 2.84. The molecule has 110 valence electrons. The minimum Gasteiger partial charge on any atom is -0.393 e. The first-order chi connectivity index (χ1) is 10.0. The van der Waals surface area contributed by atoms with Gasteiger partial charge in [-0.05, 0) is 43.7 Å². The summed E-state index contributed by atoms with van der Waals surface area (Å²) < 4.78 is 0. The van der Waals surface area contributed by atoms with Gasteiger partial charge >= 0.3 is 0 Å². The zero-order chi connectivity index (χ0) is 15.2. The fourth-order valence-corrected chi connectivity index (χ4v) is 1.89. The van der Waals surface area contributed by atoms with E-state index >= 15 is 0 Å². The summed E-state index contributed by atoms with van der Waals surface area (Å²) in [5.74, 6) is 0.473. The quantitative estimate of drug-likeness (QED) is 0.789. The molecular formula is C16H19N3O2. The number of benzene rings is 1. The molecular weight excluding hydrogens is 266 g/mol. The van der Waals surface area contributed by atoms with Crippen molar-refractivity contribution in [2.24, 2.45) is 0 Å². The van der Waals surface area contributed by atoms with E-state index in [0.29, 0.717) is 11.5 Å². The number of aliphatic hydroxyl groups is 1. The van der Waals surface area contributed by atoms with E-state index in [1.807, 2.05) is 31.2 Å². The van der Waals surface area contributed by atoms with Crippen LogP contribution in [0.3, 0.4) is 0 Å². The van der Waals surface area contributed by atoms with Crippen LogP contribution in [0.1, 0.15) is 18.9 Å². The van der Waals surface area contributed by atoms with E-state index in [1.165, 1.54) is 5.56 Å². The Balaban J connectivity index is 1.97. The molecule has 2 aromatic rings. The highest BCUT2D eigenvalue weighted by Crippen LogP contribution is 2.17. The zero-order valence-corrected chi connectivity index (χ0v) is 12.1. The average Bonchev–Trinajstić information content (AvgIpc) is 2.40. The molecule has 0 aliphatic heterocycles. The molecule has 1 aromatic carbocycles. The molecule has 0 fully saturated rings. The number of hydrogen-bond donors (Lipinski definition) is 3. The Morgan fingerprint density at radius 3 is 2.71 bits per heavy atom. The zero-order valence-electron chi connectivity index (χ0n) is 12.1. The van der Waals surface area contributed by atoms with Gasteiger partial charge in [0, 0.05) is 5.69 Å².